The van der Waals surface area contributed by atoms with E-state index in [2.05, 4.69) is 16.2 Å². The average molecular weight is 265 g/mol. The first-order valence-electron chi connectivity index (χ1n) is 6.62. The van der Waals surface area contributed by atoms with Gasteiger partial charge in [-0.1, -0.05) is 48.6 Å². The normalized spacial score (nSPS) is 14.7. The van der Waals surface area contributed by atoms with Crippen LogP contribution in [-0.4, -0.2) is 14.8 Å². The lowest BCUT2D eigenvalue weighted by molar-refractivity contribution is 0.853. The molecule has 0 atom stereocenters. The number of nitrogens with zero attached hydrogens (tertiary/aromatic N) is 2. The molecule has 1 N–H and O–H groups in total. The molecule has 0 radical (unpaired) electrons. The van der Waals surface area contributed by atoms with E-state index >= 15 is 0 Å². The van der Waals surface area contributed by atoms with E-state index in [4.69, 9.17) is 0 Å². The van der Waals surface area contributed by atoms with Gasteiger partial charge >= 0.3 is 5.69 Å². The third-order valence-corrected chi connectivity index (χ3v) is 3.09. The summed E-state index contributed by atoms with van der Waals surface area (Å²) in [6.45, 7) is 0. The number of hydrogen-bond acceptors (Lipinski definition) is 2. The second-order valence-corrected chi connectivity index (χ2v) is 4.58. The van der Waals surface area contributed by atoms with Gasteiger partial charge in [0.05, 0.1) is 5.70 Å². The van der Waals surface area contributed by atoms with Crippen LogP contribution in [0.1, 0.15) is 24.2 Å². The van der Waals surface area contributed by atoms with Gasteiger partial charge in [-0.05, 0) is 30.6 Å². The molecule has 0 saturated carbocycles. The number of nitrogens with one attached hydrogen (secondary N) is 1. The van der Waals surface area contributed by atoms with Crippen LogP contribution in [-0.2, 0) is 0 Å². The first kappa shape index (κ1) is 12.4. The summed E-state index contributed by atoms with van der Waals surface area (Å²) in [4.78, 5) is 14.6. The van der Waals surface area contributed by atoms with Gasteiger partial charge in [-0.15, -0.1) is 5.10 Å². The maximum absolute atomic E-state index is 11.9. The van der Waals surface area contributed by atoms with Gasteiger partial charge in [0, 0.05) is 0 Å². The van der Waals surface area contributed by atoms with Gasteiger partial charge in [0.2, 0.25) is 0 Å². The molecule has 1 aliphatic carbocycles. The fraction of sp³-hybridized carbons (Fsp3) is 0.125. The summed E-state index contributed by atoms with van der Waals surface area (Å²) in [7, 11) is 0. The van der Waals surface area contributed by atoms with Crippen LogP contribution < -0.4 is 5.69 Å². The Kier molecular flexibility index (Phi) is 3.46. The molecule has 1 aromatic carbocycles. The topological polar surface area (TPSA) is 50.7 Å². The van der Waals surface area contributed by atoms with E-state index < -0.39 is 0 Å². The fourth-order valence-corrected chi connectivity index (χ4v) is 2.09. The molecule has 1 aliphatic rings. The van der Waals surface area contributed by atoms with Crippen molar-refractivity contribution in [2.45, 2.75) is 12.8 Å². The number of rotatable bonds is 3. The third-order valence-electron chi connectivity index (χ3n) is 3.09. The lowest BCUT2D eigenvalue weighted by Crippen LogP contribution is -2.17. The first-order valence-corrected chi connectivity index (χ1v) is 6.62. The molecule has 4 nitrogen and oxygen atoms in total. The second-order valence-electron chi connectivity index (χ2n) is 4.58. The van der Waals surface area contributed by atoms with Crippen LogP contribution in [0.2, 0.25) is 0 Å². The summed E-state index contributed by atoms with van der Waals surface area (Å²) < 4.78 is 1.40. The van der Waals surface area contributed by atoms with Crippen molar-refractivity contribution in [3.05, 3.63) is 70.4 Å². The fourth-order valence-electron chi connectivity index (χ4n) is 2.09. The summed E-state index contributed by atoms with van der Waals surface area (Å²) in [6.07, 6.45) is 11.7. The zero-order valence-electron chi connectivity index (χ0n) is 11.0. The molecular weight excluding hydrogens is 250 g/mol. The molecule has 0 saturated heterocycles. The van der Waals surface area contributed by atoms with Crippen LogP contribution in [0.15, 0.2) is 53.4 Å². The molecule has 2 aromatic rings. The molecule has 0 aliphatic heterocycles. The number of aromatic nitrogens is 3. The minimum Gasteiger partial charge on any atom is -0.289 e. The Bertz CT molecular complexity index is 733. The molecule has 0 spiro atoms. The molecule has 100 valence electrons. The van der Waals surface area contributed by atoms with E-state index in [9.17, 15) is 4.79 Å². The van der Waals surface area contributed by atoms with Crippen molar-refractivity contribution in [3.8, 4) is 0 Å². The van der Waals surface area contributed by atoms with Gasteiger partial charge in [0.1, 0.15) is 0 Å². The Hall–Kier alpha value is -2.62. The van der Waals surface area contributed by atoms with Gasteiger partial charge in [-0.2, -0.15) is 4.68 Å². The van der Waals surface area contributed by atoms with E-state index in [-0.39, 0.29) is 5.69 Å². The average Bonchev–Trinajstić information content (AvgIpc) is 2.88. The molecule has 3 rings (SSSR count). The Morgan fingerprint density at radius 3 is 2.75 bits per heavy atom. The summed E-state index contributed by atoms with van der Waals surface area (Å²) in [6, 6.07) is 9.91. The molecule has 0 bridgehead atoms. The molecular formula is C16H15N3O. The van der Waals surface area contributed by atoms with Crippen LogP contribution in [0.3, 0.4) is 0 Å². The maximum atomic E-state index is 11.9. The zero-order valence-corrected chi connectivity index (χ0v) is 11.0. The summed E-state index contributed by atoms with van der Waals surface area (Å²) in [5.74, 6) is 0.554. The quantitative estimate of drug-likeness (QED) is 0.927. The van der Waals surface area contributed by atoms with E-state index in [1.54, 1.807) is 6.08 Å². The van der Waals surface area contributed by atoms with Crippen molar-refractivity contribution >= 4 is 17.8 Å². The van der Waals surface area contributed by atoms with Crippen LogP contribution in [0.25, 0.3) is 17.8 Å². The van der Waals surface area contributed by atoms with E-state index in [1.807, 2.05) is 48.6 Å². The van der Waals surface area contributed by atoms with Crippen LogP contribution in [0, 0.1) is 0 Å². The lowest BCUT2D eigenvalue weighted by atomic mass is 10.1. The Balaban J connectivity index is 1.86. The molecule has 0 fully saturated rings. The third kappa shape index (κ3) is 2.69. The first-order chi connectivity index (χ1) is 9.83. The van der Waals surface area contributed by atoms with Gasteiger partial charge < -0.3 is 0 Å². The highest BCUT2D eigenvalue weighted by molar-refractivity contribution is 5.66. The van der Waals surface area contributed by atoms with E-state index in [1.165, 1.54) is 4.68 Å². The van der Waals surface area contributed by atoms with Crippen molar-refractivity contribution < 1.29 is 0 Å². The van der Waals surface area contributed by atoms with Crippen molar-refractivity contribution in [1.29, 1.82) is 0 Å². The Morgan fingerprint density at radius 1 is 1.15 bits per heavy atom. The van der Waals surface area contributed by atoms with Crippen molar-refractivity contribution in [3.63, 3.8) is 0 Å². The van der Waals surface area contributed by atoms with Crippen molar-refractivity contribution in [2.24, 2.45) is 0 Å². The minimum absolute atomic E-state index is 0.212. The largest absolute Gasteiger partial charge is 0.348 e. The SMILES string of the molecule is O=c1[nH]c(/C=C/c2ccccc2)nn1C1=CCCC=C1. The zero-order chi connectivity index (χ0) is 13.8. The van der Waals surface area contributed by atoms with Gasteiger partial charge in [-0.25, -0.2) is 4.79 Å². The monoisotopic (exact) mass is 265 g/mol. The highest BCUT2D eigenvalue weighted by atomic mass is 16.1. The molecule has 1 aromatic heterocycles. The summed E-state index contributed by atoms with van der Waals surface area (Å²) in [5.41, 5.74) is 1.69. The van der Waals surface area contributed by atoms with E-state index in [0.717, 1.165) is 24.1 Å². The van der Waals surface area contributed by atoms with Gasteiger partial charge in [0.15, 0.2) is 5.82 Å². The predicted octanol–water partition coefficient (Wildman–Crippen LogP) is 2.93. The Morgan fingerprint density at radius 2 is 2.00 bits per heavy atom. The van der Waals surface area contributed by atoms with Crippen molar-refractivity contribution in [2.75, 3.05) is 0 Å². The maximum Gasteiger partial charge on any atom is 0.348 e. The van der Waals surface area contributed by atoms with Crippen LogP contribution in [0.4, 0.5) is 0 Å². The number of hydrogen-bond donors (Lipinski definition) is 1. The highest BCUT2D eigenvalue weighted by Crippen LogP contribution is 2.12. The predicted molar refractivity (Wildman–Crippen MR) is 80.9 cm³/mol. The molecule has 20 heavy (non-hydrogen) atoms. The lowest BCUT2D eigenvalue weighted by Gasteiger charge is -2.04. The number of H-pyrrole nitrogens is 1. The molecule has 4 heteroatoms. The van der Waals surface area contributed by atoms with E-state index in [0.29, 0.717) is 5.82 Å². The van der Waals surface area contributed by atoms with Gasteiger partial charge in [0.25, 0.3) is 0 Å². The van der Waals surface area contributed by atoms with Crippen LogP contribution in [0.5, 0.6) is 0 Å². The highest BCUT2D eigenvalue weighted by Gasteiger charge is 2.07. The number of allylic oxidation sites excluding steroid dienone is 4. The Labute approximate surface area is 116 Å². The number of benzene rings is 1. The molecule has 0 unspecified atom stereocenters. The van der Waals surface area contributed by atoms with Crippen LogP contribution >= 0.6 is 0 Å². The summed E-state index contributed by atoms with van der Waals surface area (Å²) in [5, 5.41) is 4.29. The smallest absolute Gasteiger partial charge is 0.289 e. The molecule has 1 heterocycles. The van der Waals surface area contributed by atoms with Crippen molar-refractivity contribution in [1.82, 2.24) is 14.8 Å². The number of aromatic amines is 1. The van der Waals surface area contributed by atoms with Gasteiger partial charge in [-0.3, -0.25) is 4.98 Å². The summed E-state index contributed by atoms with van der Waals surface area (Å²) >= 11 is 0. The minimum atomic E-state index is -0.212. The molecule has 0 amide bonds. The second kappa shape index (κ2) is 5.57. The standard InChI is InChI=1S/C16H15N3O/c20-16-17-15(12-11-13-7-3-1-4-8-13)18-19(16)14-9-5-2-6-10-14/h1,3-5,7-12H,2,6H2,(H,17,18,20)/b12-11+.